The second kappa shape index (κ2) is 10.5. The molecule has 3 atom stereocenters. The standard InChI is InChI=1S/C27H35N3O4/c1-17(2)14-23(30-26(33)21-12-5-6-13-22(21)27(30)34)25(32)28-16-18-8-7-11-20(15-18)29-24(31)19-9-3-4-10-19/h5-8,11,15,17,19,21-23H,3-4,9-10,12-14,16H2,1-2H3,(H,28,32)(H,29,31)/t21-,22+,23-/m0/s1. The lowest BCUT2D eigenvalue weighted by atomic mass is 9.85. The number of hydrogen-bond acceptors (Lipinski definition) is 4. The van der Waals surface area contributed by atoms with E-state index in [0.717, 1.165) is 31.2 Å². The third-order valence-corrected chi connectivity index (χ3v) is 7.24. The molecule has 1 aromatic rings. The van der Waals surface area contributed by atoms with E-state index in [9.17, 15) is 19.2 Å². The average Bonchev–Trinajstić information content (AvgIpc) is 3.44. The highest BCUT2D eigenvalue weighted by molar-refractivity contribution is 6.08. The fourth-order valence-electron chi connectivity index (χ4n) is 5.41. The van der Waals surface area contributed by atoms with Crippen molar-refractivity contribution in [1.82, 2.24) is 10.2 Å². The van der Waals surface area contributed by atoms with Crippen molar-refractivity contribution in [2.24, 2.45) is 23.7 Å². The van der Waals surface area contributed by atoms with Crippen molar-refractivity contribution in [3.8, 4) is 0 Å². The molecule has 4 rings (SSSR count). The molecule has 7 heteroatoms. The minimum atomic E-state index is -0.809. The van der Waals surface area contributed by atoms with Gasteiger partial charge in [-0.05, 0) is 55.7 Å². The van der Waals surface area contributed by atoms with Gasteiger partial charge in [-0.3, -0.25) is 24.1 Å². The Balaban J connectivity index is 1.41. The molecular formula is C27H35N3O4. The van der Waals surface area contributed by atoms with E-state index in [1.165, 1.54) is 4.90 Å². The Bertz CT molecular complexity index is 954. The maximum Gasteiger partial charge on any atom is 0.243 e. The number of rotatable bonds is 8. The maximum absolute atomic E-state index is 13.2. The lowest BCUT2D eigenvalue weighted by Crippen LogP contribution is -2.50. The van der Waals surface area contributed by atoms with Crippen LogP contribution in [0.25, 0.3) is 0 Å². The number of nitrogens with zero attached hydrogens (tertiary/aromatic N) is 1. The van der Waals surface area contributed by atoms with E-state index in [0.29, 0.717) is 24.9 Å². The lowest BCUT2D eigenvalue weighted by molar-refractivity contribution is -0.148. The average molecular weight is 466 g/mol. The SMILES string of the molecule is CC(C)C[C@@H](C(=O)NCc1cccc(NC(=O)C2CCCC2)c1)N1C(=O)[C@H]2CC=CC[C@H]2C1=O. The van der Waals surface area contributed by atoms with Gasteiger partial charge in [0.05, 0.1) is 11.8 Å². The molecule has 1 saturated carbocycles. The zero-order valence-corrected chi connectivity index (χ0v) is 20.1. The molecule has 0 spiro atoms. The molecule has 7 nitrogen and oxygen atoms in total. The number of nitrogens with one attached hydrogen (secondary N) is 2. The van der Waals surface area contributed by atoms with Crippen molar-refractivity contribution in [3.05, 3.63) is 42.0 Å². The van der Waals surface area contributed by atoms with Crippen LogP contribution in [0.2, 0.25) is 0 Å². The number of hydrogen-bond donors (Lipinski definition) is 2. The second-order valence-electron chi connectivity index (χ2n) is 10.2. The second-order valence-corrected chi connectivity index (χ2v) is 10.2. The summed E-state index contributed by atoms with van der Waals surface area (Å²) in [5.74, 6) is -1.19. The Morgan fingerprint density at radius 3 is 2.29 bits per heavy atom. The number of imide groups is 1. The Kier molecular flexibility index (Phi) is 7.49. The molecule has 2 fully saturated rings. The van der Waals surface area contributed by atoms with Gasteiger partial charge in [-0.15, -0.1) is 0 Å². The summed E-state index contributed by atoms with van der Waals surface area (Å²) in [7, 11) is 0. The predicted molar refractivity (Wildman–Crippen MR) is 129 cm³/mol. The molecule has 1 heterocycles. The molecule has 3 aliphatic rings. The van der Waals surface area contributed by atoms with Gasteiger partial charge in [0, 0.05) is 18.2 Å². The molecule has 34 heavy (non-hydrogen) atoms. The number of benzene rings is 1. The number of amides is 4. The highest BCUT2D eigenvalue weighted by Crippen LogP contribution is 2.37. The van der Waals surface area contributed by atoms with Crippen LogP contribution in [-0.4, -0.2) is 34.6 Å². The van der Waals surface area contributed by atoms with Crippen LogP contribution in [0, 0.1) is 23.7 Å². The van der Waals surface area contributed by atoms with E-state index < -0.39 is 6.04 Å². The third kappa shape index (κ3) is 5.24. The van der Waals surface area contributed by atoms with Gasteiger partial charge < -0.3 is 10.6 Å². The minimum Gasteiger partial charge on any atom is -0.350 e. The summed E-state index contributed by atoms with van der Waals surface area (Å²) in [5.41, 5.74) is 1.56. The molecular weight excluding hydrogens is 430 g/mol. The fourth-order valence-corrected chi connectivity index (χ4v) is 5.41. The zero-order valence-electron chi connectivity index (χ0n) is 20.1. The van der Waals surface area contributed by atoms with E-state index in [-0.39, 0.29) is 53.8 Å². The molecule has 0 bridgehead atoms. The van der Waals surface area contributed by atoms with Crippen molar-refractivity contribution in [1.29, 1.82) is 0 Å². The van der Waals surface area contributed by atoms with Crippen LogP contribution in [-0.2, 0) is 25.7 Å². The summed E-state index contributed by atoms with van der Waals surface area (Å²) in [6, 6.07) is 6.63. The smallest absolute Gasteiger partial charge is 0.243 e. The van der Waals surface area contributed by atoms with Crippen LogP contribution in [0.1, 0.15) is 64.4 Å². The molecule has 0 aromatic heterocycles. The van der Waals surface area contributed by atoms with E-state index in [1.54, 1.807) is 0 Å². The molecule has 1 aliphatic heterocycles. The summed E-state index contributed by atoms with van der Waals surface area (Å²) in [6.07, 6.45) is 9.51. The molecule has 0 radical (unpaired) electrons. The van der Waals surface area contributed by atoms with E-state index in [4.69, 9.17) is 0 Å². The topological polar surface area (TPSA) is 95.6 Å². The molecule has 1 aromatic carbocycles. The summed E-state index contributed by atoms with van der Waals surface area (Å²) >= 11 is 0. The molecule has 1 saturated heterocycles. The van der Waals surface area contributed by atoms with Gasteiger partial charge in [-0.2, -0.15) is 0 Å². The molecule has 182 valence electrons. The molecule has 2 N–H and O–H groups in total. The van der Waals surface area contributed by atoms with E-state index in [2.05, 4.69) is 10.6 Å². The van der Waals surface area contributed by atoms with Crippen molar-refractivity contribution in [2.75, 3.05) is 5.32 Å². The Morgan fingerprint density at radius 2 is 1.68 bits per heavy atom. The van der Waals surface area contributed by atoms with Gasteiger partial charge in [0.2, 0.25) is 23.6 Å². The summed E-state index contributed by atoms with van der Waals surface area (Å²) in [5, 5.41) is 5.92. The van der Waals surface area contributed by atoms with Gasteiger partial charge in [-0.1, -0.05) is 51.0 Å². The first-order chi connectivity index (χ1) is 16.3. The Morgan fingerprint density at radius 1 is 1.03 bits per heavy atom. The maximum atomic E-state index is 13.2. The predicted octanol–water partition coefficient (Wildman–Crippen LogP) is 3.80. The van der Waals surface area contributed by atoms with Gasteiger partial charge in [-0.25, -0.2) is 0 Å². The number of likely N-dealkylation sites (tertiary alicyclic amines) is 1. The van der Waals surface area contributed by atoms with Crippen molar-refractivity contribution < 1.29 is 19.2 Å². The van der Waals surface area contributed by atoms with Gasteiger partial charge in [0.25, 0.3) is 0 Å². The van der Waals surface area contributed by atoms with E-state index >= 15 is 0 Å². The van der Waals surface area contributed by atoms with Crippen molar-refractivity contribution in [2.45, 2.75) is 71.4 Å². The molecule has 2 aliphatic carbocycles. The van der Waals surface area contributed by atoms with Gasteiger partial charge in [0.1, 0.15) is 6.04 Å². The molecule has 4 amide bonds. The first-order valence-corrected chi connectivity index (χ1v) is 12.5. The summed E-state index contributed by atoms with van der Waals surface area (Å²) < 4.78 is 0. The number of carbonyl (C=O) groups is 4. The first kappa shape index (κ1) is 24.2. The number of fused-ring (bicyclic) bond motifs is 1. The highest BCUT2D eigenvalue weighted by Gasteiger charge is 2.51. The summed E-state index contributed by atoms with van der Waals surface area (Å²) in [6.45, 7) is 4.22. The normalized spacial score (nSPS) is 23.3. The van der Waals surface area contributed by atoms with Crippen molar-refractivity contribution >= 4 is 29.3 Å². The molecule has 0 unspecified atom stereocenters. The van der Waals surface area contributed by atoms with Crippen LogP contribution >= 0.6 is 0 Å². The van der Waals surface area contributed by atoms with Crippen molar-refractivity contribution in [3.63, 3.8) is 0 Å². The Labute approximate surface area is 201 Å². The third-order valence-electron chi connectivity index (χ3n) is 7.24. The number of anilines is 1. The largest absolute Gasteiger partial charge is 0.350 e. The minimum absolute atomic E-state index is 0.0534. The first-order valence-electron chi connectivity index (χ1n) is 12.5. The highest BCUT2D eigenvalue weighted by atomic mass is 16.2. The quantitative estimate of drug-likeness (QED) is 0.451. The lowest BCUT2D eigenvalue weighted by Gasteiger charge is -2.27. The van der Waals surface area contributed by atoms with Crippen LogP contribution < -0.4 is 10.6 Å². The fraction of sp³-hybridized carbons (Fsp3) is 0.556. The van der Waals surface area contributed by atoms with Gasteiger partial charge in [0.15, 0.2) is 0 Å². The van der Waals surface area contributed by atoms with Crippen LogP contribution in [0.5, 0.6) is 0 Å². The van der Waals surface area contributed by atoms with Crippen LogP contribution in [0.4, 0.5) is 5.69 Å². The zero-order chi connectivity index (χ0) is 24.2. The van der Waals surface area contributed by atoms with Gasteiger partial charge >= 0.3 is 0 Å². The van der Waals surface area contributed by atoms with E-state index in [1.807, 2.05) is 50.3 Å². The Hall–Kier alpha value is -2.96. The summed E-state index contributed by atoms with van der Waals surface area (Å²) in [4.78, 5) is 53.0. The monoisotopic (exact) mass is 465 g/mol. The van der Waals surface area contributed by atoms with Crippen LogP contribution in [0.15, 0.2) is 36.4 Å². The number of carbonyl (C=O) groups excluding carboxylic acids is 4. The number of allylic oxidation sites excluding steroid dienone is 2. The van der Waals surface area contributed by atoms with Crippen LogP contribution in [0.3, 0.4) is 0 Å².